The summed E-state index contributed by atoms with van der Waals surface area (Å²) >= 11 is 0. The van der Waals surface area contributed by atoms with E-state index in [4.69, 9.17) is 23.7 Å². The number of ether oxygens (including phenoxy) is 5. The molecule has 1 fully saturated rings. The molecule has 0 radical (unpaired) electrons. The van der Waals surface area contributed by atoms with Crippen LogP contribution in [0, 0.1) is 0 Å². The van der Waals surface area contributed by atoms with E-state index in [9.17, 15) is 10.2 Å². The average molecular weight is 599 g/mol. The minimum absolute atomic E-state index is 0.168. The first kappa shape index (κ1) is 32.0. The van der Waals surface area contributed by atoms with Gasteiger partial charge < -0.3 is 33.9 Å². The lowest BCUT2D eigenvalue weighted by atomic mass is 9.91. The zero-order chi connectivity index (χ0) is 30.4. The van der Waals surface area contributed by atoms with Crippen LogP contribution >= 0.6 is 0 Å². The van der Waals surface area contributed by atoms with Gasteiger partial charge in [-0.15, -0.1) is 0 Å². The number of hydrogen-bond acceptors (Lipinski definition) is 7. The maximum Gasteiger partial charge on any atom is 0.115 e. The second-order valence-electron chi connectivity index (χ2n) is 11.1. The quantitative estimate of drug-likeness (QED) is 0.177. The van der Waals surface area contributed by atoms with Gasteiger partial charge >= 0.3 is 0 Å². The van der Waals surface area contributed by atoms with Crippen LogP contribution < -0.4 is 0 Å². The van der Waals surface area contributed by atoms with Gasteiger partial charge in [-0.1, -0.05) is 121 Å². The molecule has 0 aromatic heterocycles. The van der Waals surface area contributed by atoms with Gasteiger partial charge in [0, 0.05) is 6.42 Å². The van der Waals surface area contributed by atoms with Crippen molar-refractivity contribution >= 4 is 0 Å². The topological polar surface area (TPSA) is 86.6 Å². The van der Waals surface area contributed by atoms with Crippen molar-refractivity contribution in [3.8, 4) is 0 Å². The first-order chi connectivity index (χ1) is 21.7. The van der Waals surface area contributed by atoms with Crippen molar-refractivity contribution in [2.45, 2.75) is 69.5 Å². The Bertz CT molecular complexity index is 1320. The lowest BCUT2D eigenvalue weighted by molar-refractivity contribution is -0.276. The molecule has 44 heavy (non-hydrogen) atoms. The van der Waals surface area contributed by atoms with Crippen molar-refractivity contribution < 1.29 is 33.9 Å². The normalized spacial score (nSPS) is 22.5. The maximum absolute atomic E-state index is 10.5. The van der Waals surface area contributed by atoms with E-state index in [1.807, 2.05) is 121 Å². The van der Waals surface area contributed by atoms with Crippen molar-refractivity contribution in [1.29, 1.82) is 0 Å². The monoisotopic (exact) mass is 598 g/mol. The van der Waals surface area contributed by atoms with Crippen molar-refractivity contribution in [1.82, 2.24) is 0 Å². The molecule has 232 valence electrons. The molecule has 0 aliphatic carbocycles. The number of benzene rings is 4. The van der Waals surface area contributed by atoms with Crippen LogP contribution in [-0.4, -0.2) is 60.1 Å². The highest BCUT2D eigenvalue weighted by molar-refractivity contribution is 5.16. The standard InChI is InChI=1S/C37H42O7/c38-22-32(39)21-33-35(41-24-29-15-7-2-8-16-29)37(43-26-31-19-11-4-12-20-31)36(42-25-30-17-9-3-10-18-30)34(44-33)27-40-23-28-13-5-1-6-14-28/h1-20,32-39H,21-27H2/t32-,33+,34-,35+,36+,37-/m1/s1. The summed E-state index contributed by atoms with van der Waals surface area (Å²) in [5.74, 6) is 0. The number of rotatable bonds is 16. The first-order valence-electron chi connectivity index (χ1n) is 15.2. The zero-order valence-corrected chi connectivity index (χ0v) is 24.9. The van der Waals surface area contributed by atoms with Crippen LogP contribution in [-0.2, 0) is 50.1 Å². The summed E-state index contributed by atoms with van der Waals surface area (Å²) in [6.45, 7) is 1.30. The van der Waals surface area contributed by atoms with Crippen molar-refractivity contribution in [2.24, 2.45) is 0 Å². The average Bonchev–Trinajstić information content (AvgIpc) is 3.08. The van der Waals surface area contributed by atoms with Crippen molar-refractivity contribution in [3.05, 3.63) is 144 Å². The van der Waals surface area contributed by atoms with E-state index in [0.29, 0.717) is 26.4 Å². The molecule has 0 amide bonds. The minimum atomic E-state index is -0.981. The van der Waals surface area contributed by atoms with E-state index in [0.717, 1.165) is 22.3 Å². The van der Waals surface area contributed by atoms with Crippen LogP contribution in [0.3, 0.4) is 0 Å². The Balaban J connectivity index is 1.43. The minimum Gasteiger partial charge on any atom is -0.394 e. The molecule has 4 aromatic rings. The SMILES string of the molecule is OC[C@H](O)C[C@@H]1O[C@H](COCc2ccccc2)[C@H](OCc2ccccc2)[C@H](OCc2ccccc2)[C@H]1OCc1ccccc1. The molecule has 1 saturated heterocycles. The van der Waals surface area contributed by atoms with Crippen LogP contribution in [0.2, 0.25) is 0 Å². The summed E-state index contributed by atoms with van der Waals surface area (Å²) in [6, 6.07) is 39.9. The lowest BCUT2D eigenvalue weighted by Gasteiger charge is -2.46. The third kappa shape index (κ3) is 9.55. The van der Waals surface area contributed by atoms with Gasteiger partial charge in [0.2, 0.25) is 0 Å². The first-order valence-corrected chi connectivity index (χ1v) is 15.2. The molecule has 2 N–H and O–H groups in total. The van der Waals surface area contributed by atoms with Gasteiger partial charge in [-0.2, -0.15) is 0 Å². The summed E-state index contributed by atoms with van der Waals surface area (Å²) in [6.07, 6.45) is -3.60. The van der Waals surface area contributed by atoms with E-state index in [1.54, 1.807) is 0 Å². The molecule has 0 bridgehead atoms. The fourth-order valence-corrected chi connectivity index (χ4v) is 5.42. The fourth-order valence-electron chi connectivity index (χ4n) is 5.42. The molecule has 7 nitrogen and oxygen atoms in total. The Morgan fingerprint density at radius 1 is 0.523 bits per heavy atom. The summed E-state index contributed by atoms with van der Waals surface area (Å²) < 4.78 is 32.7. The molecule has 1 aliphatic heterocycles. The summed E-state index contributed by atoms with van der Waals surface area (Å²) in [7, 11) is 0. The van der Waals surface area contributed by atoms with Crippen LogP contribution in [0.25, 0.3) is 0 Å². The smallest absolute Gasteiger partial charge is 0.115 e. The van der Waals surface area contributed by atoms with E-state index in [-0.39, 0.29) is 19.6 Å². The molecule has 6 atom stereocenters. The van der Waals surface area contributed by atoms with Gasteiger partial charge in [-0.25, -0.2) is 0 Å². The Labute approximate surface area is 259 Å². The van der Waals surface area contributed by atoms with Crippen molar-refractivity contribution in [3.63, 3.8) is 0 Å². The molecule has 7 heteroatoms. The fraction of sp³-hybridized carbons (Fsp3) is 0.351. The van der Waals surface area contributed by atoms with E-state index < -0.39 is 36.6 Å². The molecule has 1 aliphatic rings. The van der Waals surface area contributed by atoms with Gasteiger partial charge in [0.15, 0.2) is 0 Å². The third-order valence-electron chi connectivity index (χ3n) is 7.69. The van der Waals surface area contributed by atoms with Crippen LogP contribution in [0.15, 0.2) is 121 Å². The molecule has 4 aromatic carbocycles. The van der Waals surface area contributed by atoms with Crippen molar-refractivity contribution in [2.75, 3.05) is 13.2 Å². The maximum atomic E-state index is 10.5. The highest BCUT2D eigenvalue weighted by Gasteiger charge is 2.48. The zero-order valence-electron chi connectivity index (χ0n) is 24.9. The Morgan fingerprint density at radius 3 is 1.34 bits per heavy atom. The van der Waals surface area contributed by atoms with Gasteiger partial charge in [0.25, 0.3) is 0 Å². The highest BCUT2D eigenvalue weighted by atomic mass is 16.6. The van der Waals surface area contributed by atoms with Gasteiger partial charge in [0.1, 0.15) is 24.4 Å². The van der Waals surface area contributed by atoms with Crippen LogP contribution in [0.4, 0.5) is 0 Å². The largest absolute Gasteiger partial charge is 0.394 e. The molecule has 1 heterocycles. The third-order valence-corrected chi connectivity index (χ3v) is 7.69. The van der Waals surface area contributed by atoms with E-state index >= 15 is 0 Å². The predicted molar refractivity (Wildman–Crippen MR) is 168 cm³/mol. The number of aliphatic hydroxyl groups is 2. The van der Waals surface area contributed by atoms with Crippen LogP contribution in [0.5, 0.6) is 0 Å². The van der Waals surface area contributed by atoms with Gasteiger partial charge in [0.05, 0.1) is 51.8 Å². The molecular weight excluding hydrogens is 556 g/mol. The Morgan fingerprint density at radius 2 is 0.909 bits per heavy atom. The molecule has 0 unspecified atom stereocenters. The molecular formula is C37H42O7. The molecule has 0 saturated carbocycles. The number of aliphatic hydroxyl groups excluding tert-OH is 2. The molecule has 5 rings (SSSR count). The Hall–Kier alpha value is -3.40. The second kappa shape index (κ2) is 17.2. The van der Waals surface area contributed by atoms with Gasteiger partial charge in [-0.3, -0.25) is 0 Å². The number of hydrogen-bond donors (Lipinski definition) is 2. The highest BCUT2D eigenvalue weighted by Crippen LogP contribution is 2.33. The second-order valence-corrected chi connectivity index (χ2v) is 11.1. The summed E-state index contributed by atoms with van der Waals surface area (Å²) in [5.41, 5.74) is 4.10. The van der Waals surface area contributed by atoms with Crippen LogP contribution in [0.1, 0.15) is 28.7 Å². The Kier molecular flexibility index (Phi) is 12.5. The summed E-state index contributed by atoms with van der Waals surface area (Å²) in [5, 5.41) is 20.3. The molecule has 0 spiro atoms. The lowest BCUT2D eigenvalue weighted by Crippen LogP contribution is -2.61. The predicted octanol–water partition coefficient (Wildman–Crippen LogP) is 5.47. The van der Waals surface area contributed by atoms with E-state index in [1.165, 1.54) is 0 Å². The van der Waals surface area contributed by atoms with Gasteiger partial charge in [-0.05, 0) is 22.3 Å². The summed E-state index contributed by atoms with van der Waals surface area (Å²) in [4.78, 5) is 0. The van der Waals surface area contributed by atoms with E-state index in [2.05, 4.69) is 0 Å².